The van der Waals surface area contributed by atoms with Crippen LogP contribution in [-0.4, -0.2) is 47.5 Å². The first kappa shape index (κ1) is 16.6. The van der Waals surface area contributed by atoms with E-state index >= 15 is 0 Å². The quantitative estimate of drug-likeness (QED) is 0.739. The summed E-state index contributed by atoms with van der Waals surface area (Å²) in [4.78, 5) is 13.6. The Morgan fingerprint density at radius 2 is 1.90 bits per heavy atom. The van der Waals surface area contributed by atoms with Crippen LogP contribution in [-0.2, 0) is 27.6 Å². The number of aromatic nitrogens is 2. The molecule has 8 heteroatoms. The summed E-state index contributed by atoms with van der Waals surface area (Å²) in [5.74, 6) is 0.497. The fraction of sp³-hybridized carbons (Fsp3) is 0.750. The normalized spacial score (nSPS) is 11.8. The molecule has 0 bridgehead atoms. The van der Waals surface area contributed by atoms with E-state index < -0.39 is 9.84 Å². The van der Waals surface area contributed by atoms with Gasteiger partial charge in [0.1, 0.15) is 9.84 Å². The summed E-state index contributed by atoms with van der Waals surface area (Å²) in [6.45, 7) is 5.81. The molecule has 0 unspecified atom stereocenters. The lowest BCUT2D eigenvalue weighted by Gasteiger charge is -2.25. The maximum Gasteiger partial charge on any atom is 0.235 e. The Labute approximate surface area is 119 Å². The van der Waals surface area contributed by atoms with Gasteiger partial charge in [-0.3, -0.25) is 4.79 Å². The predicted octanol–water partition coefficient (Wildman–Crippen LogP) is 0.804. The monoisotopic (exact) mass is 303 g/mol. The lowest BCUT2D eigenvalue weighted by atomic mass is 10.3. The van der Waals surface area contributed by atoms with E-state index in [-0.39, 0.29) is 30.7 Å². The number of aryl methyl sites for hydroxylation is 1. The van der Waals surface area contributed by atoms with Crippen molar-refractivity contribution in [2.45, 2.75) is 46.2 Å². The Morgan fingerprint density at radius 3 is 2.35 bits per heavy atom. The Kier molecular flexibility index (Phi) is 5.67. The van der Waals surface area contributed by atoms with Crippen molar-refractivity contribution in [1.29, 1.82) is 0 Å². The van der Waals surface area contributed by atoms with Gasteiger partial charge in [-0.15, -0.1) is 10.2 Å². The molecule has 0 N–H and O–H groups in total. The van der Waals surface area contributed by atoms with Crippen LogP contribution in [0.4, 0.5) is 0 Å². The molecular formula is C12H21N3O4S. The highest BCUT2D eigenvalue weighted by atomic mass is 32.2. The van der Waals surface area contributed by atoms with Gasteiger partial charge in [-0.2, -0.15) is 0 Å². The molecule has 0 aliphatic heterocycles. The molecule has 1 rings (SSSR count). The van der Waals surface area contributed by atoms with Gasteiger partial charge in [0.05, 0.1) is 12.3 Å². The van der Waals surface area contributed by atoms with Gasteiger partial charge < -0.3 is 9.32 Å². The van der Waals surface area contributed by atoms with E-state index in [9.17, 15) is 13.2 Å². The molecule has 0 aromatic carbocycles. The molecule has 1 aromatic heterocycles. The smallest absolute Gasteiger partial charge is 0.235 e. The molecule has 0 aliphatic rings. The number of rotatable bonds is 7. The van der Waals surface area contributed by atoms with Crippen LogP contribution < -0.4 is 0 Å². The average Bonchev–Trinajstić information content (AvgIpc) is 2.79. The van der Waals surface area contributed by atoms with Crippen molar-refractivity contribution in [2.75, 3.05) is 12.0 Å². The summed E-state index contributed by atoms with van der Waals surface area (Å²) < 4.78 is 27.6. The average molecular weight is 303 g/mol. The minimum absolute atomic E-state index is 0.0359. The van der Waals surface area contributed by atoms with Crippen LogP contribution in [0.3, 0.4) is 0 Å². The van der Waals surface area contributed by atoms with Crippen molar-refractivity contribution < 1.29 is 17.6 Å². The maximum atomic E-state index is 12.1. The molecule has 7 nitrogen and oxygen atoms in total. The topological polar surface area (TPSA) is 93.4 Å². The summed E-state index contributed by atoms with van der Waals surface area (Å²) in [5, 5.41) is 7.71. The molecule has 20 heavy (non-hydrogen) atoms. The Balaban J connectivity index is 2.71. The van der Waals surface area contributed by atoms with E-state index in [0.717, 1.165) is 6.26 Å². The summed E-state index contributed by atoms with van der Waals surface area (Å²) in [6, 6.07) is -0.0703. The summed E-state index contributed by atoms with van der Waals surface area (Å²) in [6.07, 6.45) is 1.72. The molecule has 0 aliphatic carbocycles. The van der Waals surface area contributed by atoms with E-state index in [4.69, 9.17) is 4.42 Å². The van der Waals surface area contributed by atoms with Crippen LogP contribution >= 0.6 is 0 Å². The van der Waals surface area contributed by atoms with E-state index in [2.05, 4.69) is 10.2 Å². The highest BCUT2D eigenvalue weighted by molar-refractivity contribution is 7.90. The second-order valence-corrected chi connectivity index (χ2v) is 7.20. The zero-order valence-electron chi connectivity index (χ0n) is 12.3. The Morgan fingerprint density at radius 1 is 1.30 bits per heavy atom. The fourth-order valence-electron chi connectivity index (χ4n) is 1.62. The molecule has 0 spiro atoms. The SMILES string of the molecule is CCc1nnc(CN(C(=O)CCS(C)(=O)=O)C(C)C)o1. The van der Waals surface area contributed by atoms with Gasteiger partial charge in [-0.1, -0.05) is 6.92 Å². The molecule has 1 heterocycles. The predicted molar refractivity (Wildman–Crippen MR) is 73.7 cm³/mol. The largest absolute Gasteiger partial charge is 0.423 e. The van der Waals surface area contributed by atoms with Crippen LogP contribution in [0, 0.1) is 0 Å². The van der Waals surface area contributed by atoms with Gasteiger partial charge in [-0.25, -0.2) is 8.42 Å². The highest BCUT2D eigenvalue weighted by Crippen LogP contribution is 2.10. The third kappa shape index (κ3) is 5.28. The fourth-order valence-corrected chi connectivity index (χ4v) is 2.16. The van der Waals surface area contributed by atoms with E-state index in [1.807, 2.05) is 20.8 Å². The molecule has 0 atom stereocenters. The van der Waals surface area contributed by atoms with Crippen molar-refractivity contribution >= 4 is 15.7 Å². The number of carbonyl (C=O) groups is 1. The van der Waals surface area contributed by atoms with Gasteiger partial charge in [0.2, 0.25) is 17.7 Å². The first-order chi connectivity index (χ1) is 9.23. The van der Waals surface area contributed by atoms with Gasteiger partial charge >= 0.3 is 0 Å². The third-order valence-corrected chi connectivity index (χ3v) is 3.69. The minimum Gasteiger partial charge on any atom is -0.423 e. The molecule has 0 fully saturated rings. The summed E-state index contributed by atoms with van der Waals surface area (Å²) >= 11 is 0. The van der Waals surface area contributed by atoms with Crippen LogP contribution in [0.15, 0.2) is 4.42 Å². The minimum atomic E-state index is -3.15. The Bertz CT molecular complexity index is 551. The van der Waals surface area contributed by atoms with E-state index in [0.29, 0.717) is 18.2 Å². The van der Waals surface area contributed by atoms with Crippen LogP contribution in [0.25, 0.3) is 0 Å². The second kappa shape index (κ2) is 6.83. The van der Waals surface area contributed by atoms with Gasteiger partial charge in [-0.05, 0) is 13.8 Å². The van der Waals surface area contributed by atoms with Gasteiger partial charge in [0.25, 0.3) is 0 Å². The molecule has 0 saturated carbocycles. The standard InChI is InChI=1S/C12H21N3O4S/c1-5-10-13-14-11(19-10)8-15(9(2)3)12(16)6-7-20(4,17)18/h9H,5-8H2,1-4H3. The maximum absolute atomic E-state index is 12.1. The second-order valence-electron chi connectivity index (χ2n) is 4.94. The number of nitrogens with zero attached hydrogens (tertiary/aromatic N) is 3. The van der Waals surface area contributed by atoms with Crippen LogP contribution in [0.2, 0.25) is 0 Å². The van der Waals surface area contributed by atoms with Crippen molar-refractivity contribution in [2.24, 2.45) is 0 Å². The highest BCUT2D eigenvalue weighted by Gasteiger charge is 2.21. The number of hydrogen-bond acceptors (Lipinski definition) is 6. The van der Waals surface area contributed by atoms with Crippen LogP contribution in [0.1, 0.15) is 39.0 Å². The number of hydrogen-bond donors (Lipinski definition) is 0. The zero-order valence-corrected chi connectivity index (χ0v) is 13.1. The van der Waals surface area contributed by atoms with Crippen molar-refractivity contribution in [3.8, 4) is 0 Å². The van der Waals surface area contributed by atoms with Gasteiger partial charge in [0.15, 0.2) is 0 Å². The van der Waals surface area contributed by atoms with Gasteiger partial charge in [0, 0.05) is 25.1 Å². The first-order valence-electron chi connectivity index (χ1n) is 6.51. The third-order valence-electron chi connectivity index (χ3n) is 2.75. The summed E-state index contributed by atoms with van der Waals surface area (Å²) in [7, 11) is -3.15. The number of sulfone groups is 1. The van der Waals surface area contributed by atoms with Crippen LogP contribution in [0.5, 0.6) is 0 Å². The molecule has 1 amide bonds. The van der Waals surface area contributed by atoms with E-state index in [1.54, 1.807) is 0 Å². The van der Waals surface area contributed by atoms with Crippen molar-refractivity contribution in [1.82, 2.24) is 15.1 Å². The zero-order chi connectivity index (χ0) is 15.3. The number of carbonyl (C=O) groups excluding carboxylic acids is 1. The molecule has 0 radical (unpaired) electrons. The lowest BCUT2D eigenvalue weighted by Crippen LogP contribution is -2.37. The van der Waals surface area contributed by atoms with E-state index in [1.165, 1.54) is 4.90 Å². The lowest BCUT2D eigenvalue weighted by molar-refractivity contribution is -0.133. The molecule has 114 valence electrons. The molecular weight excluding hydrogens is 282 g/mol. The Hall–Kier alpha value is -1.44. The molecule has 0 saturated heterocycles. The molecule has 1 aromatic rings. The first-order valence-corrected chi connectivity index (χ1v) is 8.57. The van der Waals surface area contributed by atoms with Crippen molar-refractivity contribution in [3.63, 3.8) is 0 Å². The summed E-state index contributed by atoms with van der Waals surface area (Å²) in [5.41, 5.74) is 0. The van der Waals surface area contributed by atoms with Crippen molar-refractivity contribution in [3.05, 3.63) is 11.8 Å². The number of amides is 1.